The van der Waals surface area contributed by atoms with Gasteiger partial charge in [-0.2, -0.15) is 4.98 Å². The fourth-order valence-electron chi connectivity index (χ4n) is 2.47. The fourth-order valence-corrected chi connectivity index (χ4v) is 2.47. The van der Waals surface area contributed by atoms with Crippen LogP contribution in [-0.4, -0.2) is 84.3 Å². The summed E-state index contributed by atoms with van der Waals surface area (Å²) < 4.78 is 6.66. The summed E-state index contributed by atoms with van der Waals surface area (Å²) in [6, 6.07) is 0. The van der Waals surface area contributed by atoms with E-state index >= 15 is 0 Å². The Labute approximate surface area is 124 Å². The van der Waals surface area contributed by atoms with Gasteiger partial charge in [-0.3, -0.25) is 4.57 Å². The van der Waals surface area contributed by atoms with Crippen LogP contribution in [0, 0.1) is 0 Å². The molecule has 0 saturated carbocycles. The molecule has 0 radical (unpaired) electrons. The van der Waals surface area contributed by atoms with Crippen LogP contribution in [0.5, 0.6) is 0 Å². The van der Waals surface area contributed by atoms with Crippen LogP contribution in [0.2, 0.25) is 0 Å². The molecular weight excluding hydrogens is 275 g/mol. The van der Waals surface area contributed by atoms with Gasteiger partial charge in [-0.25, -0.2) is 9.78 Å². The zero-order valence-corrected chi connectivity index (χ0v) is 12.3. The number of hydrogen-bond acceptors (Lipinski definition) is 8. The molecule has 1 aromatic heterocycles. The van der Waals surface area contributed by atoms with E-state index < -0.39 is 34.4 Å². The molecule has 2 heterocycles. The number of nitrogens with two attached hydrogens (primary N) is 1. The Bertz CT molecular complexity index is 623. The minimum absolute atomic E-state index is 0.210. The quantitative estimate of drug-likeness (QED) is 0.393. The highest BCUT2D eigenvalue weighted by molar-refractivity contribution is 6.44. The van der Waals surface area contributed by atoms with Crippen LogP contribution >= 0.6 is 0 Å². The molecule has 4 atom stereocenters. The molecule has 1 aliphatic rings. The van der Waals surface area contributed by atoms with E-state index in [1.54, 1.807) is 0 Å². The Kier molecular flexibility index (Phi) is 3.53. The Morgan fingerprint density at radius 1 is 1.38 bits per heavy atom. The van der Waals surface area contributed by atoms with E-state index in [1.165, 1.54) is 31.4 Å². The molecule has 9 nitrogen and oxygen atoms in total. The maximum atomic E-state index is 11.9. The van der Waals surface area contributed by atoms with Crippen LogP contribution in [0.25, 0.3) is 0 Å². The minimum Gasteiger partial charge on any atom is -0.405 e. The molecule has 21 heavy (non-hydrogen) atoms. The molecule has 13 heteroatoms. The first-order chi connectivity index (χ1) is 9.43. The molecule has 0 aliphatic carbocycles. The van der Waals surface area contributed by atoms with Crippen LogP contribution in [0.4, 0.5) is 5.95 Å². The van der Waals surface area contributed by atoms with Crippen molar-refractivity contribution in [2.45, 2.75) is 28.7 Å². The van der Waals surface area contributed by atoms with E-state index in [0.717, 1.165) is 10.9 Å². The highest BCUT2D eigenvalue weighted by Gasteiger charge is 2.63. The highest BCUT2D eigenvalue weighted by atomic mass is 16.6. The van der Waals surface area contributed by atoms with Gasteiger partial charge in [0.25, 0.3) is 0 Å². The van der Waals surface area contributed by atoms with Gasteiger partial charge in [0.15, 0.2) is 7.85 Å². The van der Waals surface area contributed by atoms with E-state index in [9.17, 15) is 20.1 Å². The minimum atomic E-state index is -1.64. The van der Waals surface area contributed by atoms with Crippen molar-refractivity contribution >= 4 is 37.3 Å². The summed E-state index contributed by atoms with van der Waals surface area (Å²) in [5, 5.41) is 29.4. The first-order valence-corrected chi connectivity index (χ1v) is 6.44. The monoisotopic (exact) mass is 292 g/mol. The van der Waals surface area contributed by atoms with Gasteiger partial charge in [0.05, 0.1) is 5.50 Å². The zero-order chi connectivity index (χ0) is 16.2. The maximum absolute atomic E-state index is 11.9. The van der Waals surface area contributed by atoms with Crippen molar-refractivity contribution in [1.29, 1.82) is 0 Å². The van der Waals surface area contributed by atoms with Crippen LogP contribution in [0.3, 0.4) is 0 Å². The third kappa shape index (κ3) is 2.20. The summed E-state index contributed by atoms with van der Waals surface area (Å²) in [5.74, 6) is -0.210. The average Bonchev–Trinajstić information content (AvgIpc) is 2.51. The van der Waals surface area contributed by atoms with E-state index in [2.05, 4.69) is 9.97 Å². The second-order valence-corrected chi connectivity index (χ2v) is 6.08. The Morgan fingerprint density at radius 3 is 2.38 bits per heavy atom. The molecule has 5 N–H and O–H groups in total. The number of anilines is 1. The van der Waals surface area contributed by atoms with Gasteiger partial charge in [0.2, 0.25) is 5.95 Å². The lowest BCUT2D eigenvalue weighted by molar-refractivity contribution is -0.127. The first-order valence-electron chi connectivity index (χ1n) is 6.44. The summed E-state index contributed by atoms with van der Waals surface area (Å²) in [7, 11) is 5.74. The number of aliphatic hydroxyl groups excluding tert-OH is 2. The molecule has 1 aliphatic heterocycles. The summed E-state index contributed by atoms with van der Waals surface area (Å²) in [6.45, 7) is 0. The lowest BCUT2D eigenvalue weighted by atomic mass is 9.47. The van der Waals surface area contributed by atoms with E-state index in [-0.39, 0.29) is 5.95 Å². The van der Waals surface area contributed by atoms with Crippen molar-refractivity contribution in [3.05, 3.63) is 16.8 Å². The van der Waals surface area contributed by atoms with Gasteiger partial charge in [-0.1, -0.05) is 0 Å². The molecule has 1 fully saturated rings. The van der Waals surface area contributed by atoms with E-state index in [1.807, 2.05) is 0 Å². The number of rotatable bonds is 2. The molecule has 1 aromatic rings. The van der Waals surface area contributed by atoms with Crippen LogP contribution in [-0.2, 0) is 10.4 Å². The Balaban J connectivity index is 2.56. The maximum Gasteiger partial charge on any atom is 0.353 e. The molecule has 0 amide bonds. The number of aromatic nitrogens is 3. The van der Waals surface area contributed by atoms with Gasteiger partial charge in [-0.05, 0) is 0 Å². The number of nitrogens with zero attached hydrogens (tertiary/aromatic N) is 3. The zero-order valence-electron chi connectivity index (χ0n) is 12.3. The van der Waals surface area contributed by atoms with E-state index in [0.29, 0.717) is 0 Å². The van der Waals surface area contributed by atoms with Crippen LogP contribution in [0.1, 0.15) is 0 Å². The topological polar surface area (TPSA) is 144 Å². The molecule has 1 saturated heterocycles. The summed E-state index contributed by atoms with van der Waals surface area (Å²) in [6.07, 6.45) is -1.82. The Morgan fingerprint density at radius 2 is 1.95 bits per heavy atom. The average molecular weight is 291 g/mol. The summed E-state index contributed by atoms with van der Waals surface area (Å²) in [5.41, 5.74) is 1.41. The van der Waals surface area contributed by atoms with Crippen molar-refractivity contribution in [2.75, 3.05) is 5.73 Å². The lowest BCUT2D eigenvalue weighted by Crippen LogP contribution is -2.63. The predicted octanol–water partition coefficient (Wildman–Crippen LogP) is -7.54. The number of hydrogen-bond donors (Lipinski definition) is 4. The van der Waals surface area contributed by atoms with Crippen molar-refractivity contribution in [3.8, 4) is 0 Å². The van der Waals surface area contributed by atoms with Gasteiger partial charge >= 0.3 is 5.69 Å². The summed E-state index contributed by atoms with van der Waals surface area (Å²) in [4.78, 5) is 19.1. The number of aliphatic hydroxyl groups is 3. The van der Waals surface area contributed by atoms with Crippen molar-refractivity contribution in [1.82, 2.24) is 14.5 Å². The SMILES string of the molecule is BC(B)(O)C1(B)O[C@@](B)(n2cnc(N)nc2=O)C(O)C1O. The van der Waals surface area contributed by atoms with E-state index in [4.69, 9.17) is 10.5 Å². The normalized spacial score (nSPS) is 36.7. The Hall–Kier alpha value is -1.29. The molecule has 2 rings (SSSR count). The lowest BCUT2D eigenvalue weighted by Gasteiger charge is -2.41. The largest absolute Gasteiger partial charge is 0.405 e. The van der Waals surface area contributed by atoms with Gasteiger partial charge in [0.1, 0.15) is 47.7 Å². The van der Waals surface area contributed by atoms with Gasteiger partial charge in [0, 0.05) is 5.40 Å². The standard InChI is InChI=1S/C8H16B4N4O5/c9-6(8(11,12)20)2(17)3(18)7(10,21-6)16-1-14-4(13)15-5(16)19/h1-3,17-18,20H,9-12H2,(H2,13,15,19)/t2?,3?,6?,7-/m0/s1. The third-order valence-electron chi connectivity index (χ3n) is 4.25. The molecule has 3 unspecified atom stereocenters. The van der Waals surface area contributed by atoms with Gasteiger partial charge in [-0.15, -0.1) is 0 Å². The molecular formula is C8H16B4N4O5. The summed E-state index contributed by atoms with van der Waals surface area (Å²) >= 11 is 0. The number of ether oxygens (including phenoxy) is 1. The highest BCUT2D eigenvalue weighted by Crippen LogP contribution is 2.41. The molecule has 0 bridgehead atoms. The molecule has 0 spiro atoms. The second-order valence-electron chi connectivity index (χ2n) is 6.08. The first kappa shape index (κ1) is 16.1. The van der Waals surface area contributed by atoms with Gasteiger partial charge < -0.3 is 25.8 Å². The molecule has 110 valence electrons. The smallest absolute Gasteiger partial charge is 0.353 e. The third-order valence-corrected chi connectivity index (χ3v) is 4.25. The number of nitrogen functional groups attached to an aromatic ring is 1. The molecule has 0 aromatic carbocycles. The fraction of sp³-hybridized carbons (Fsp3) is 0.625. The van der Waals surface area contributed by atoms with Crippen LogP contribution < -0.4 is 11.4 Å². The van der Waals surface area contributed by atoms with Crippen molar-refractivity contribution in [3.63, 3.8) is 0 Å². The van der Waals surface area contributed by atoms with Crippen molar-refractivity contribution in [2.24, 2.45) is 0 Å². The van der Waals surface area contributed by atoms with Crippen molar-refractivity contribution < 1.29 is 20.1 Å². The second kappa shape index (κ2) is 4.60. The predicted molar refractivity (Wildman–Crippen MR) is 83.6 cm³/mol. The van der Waals surface area contributed by atoms with Crippen LogP contribution in [0.15, 0.2) is 11.1 Å².